The molecular weight excluding hydrogens is 452 g/mol. The van der Waals surface area contributed by atoms with E-state index in [1.807, 2.05) is 23.9 Å². The van der Waals surface area contributed by atoms with Gasteiger partial charge in [0.1, 0.15) is 0 Å². The second-order valence-corrected chi connectivity index (χ2v) is 11.0. The molecule has 2 atom stereocenters. The molecule has 4 aromatic carbocycles. The van der Waals surface area contributed by atoms with Gasteiger partial charge in [-0.05, 0) is 69.1 Å². The molecule has 0 bridgehead atoms. The van der Waals surface area contributed by atoms with Crippen LogP contribution in [0.2, 0.25) is 5.02 Å². The molecule has 0 amide bonds. The molecule has 1 aliphatic heterocycles. The molecule has 4 aromatic rings. The number of fused-ring (bicyclic) bond motifs is 8. The third-order valence-electron chi connectivity index (χ3n) is 7.75. The van der Waals surface area contributed by atoms with Crippen LogP contribution in [0.15, 0.2) is 125 Å². The van der Waals surface area contributed by atoms with Gasteiger partial charge in [-0.2, -0.15) is 0 Å². The third kappa shape index (κ3) is 2.63. The molecule has 2 unspecified atom stereocenters. The summed E-state index contributed by atoms with van der Waals surface area (Å²) >= 11 is 8.22. The molecule has 3 aliphatic rings. The van der Waals surface area contributed by atoms with Crippen LogP contribution in [0, 0.1) is 5.92 Å². The summed E-state index contributed by atoms with van der Waals surface area (Å²) in [5.74, 6) is 0.633. The largest absolute Gasteiger partial charge is 0.0894 e. The standard InChI is InChI=1S/C32H23ClS/c1-20-14-19-24-23-8-2-3-9-25(23)32(31(24)30(20)21-15-17-22(33)18-16-21)26-10-4-6-12-28(26)34-29-13-7-5-11-27(29)32/h2-20,30H,1H3. The summed E-state index contributed by atoms with van der Waals surface area (Å²) in [5, 5.41) is 0.783. The first-order valence-electron chi connectivity index (χ1n) is 11.8. The zero-order chi connectivity index (χ0) is 22.9. The molecule has 0 saturated carbocycles. The van der Waals surface area contributed by atoms with E-state index in [0.717, 1.165) is 5.02 Å². The fourth-order valence-electron chi connectivity index (χ4n) is 6.45. The van der Waals surface area contributed by atoms with Crippen LogP contribution in [0.25, 0.3) is 5.57 Å². The second-order valence-electron chi connectivity index (χ2n) is 9.46. The van der Waals surface area contributed by atoms with E-state index in [4.69, 9.17) is 11.6 Å². The van der Waals surface area contributed by atoms with E-state index in [2.05, 4.69) is 104 Å². The molecule has 0 N–H and O–H groups in total. The normalized spacial score (nSPS) is 21.1. The minimum atomic E-state index is -0.312. The fourth-order valence-corrected chi connectivity index (χ4v) is 7.77. The van der Waals surface area contributed by atoms with Gasteiger partial charge in [-0.3, -0.25) is 0 Å². The zero-order valence-electron chi connectivity index (χ0n) is 18.8. The van der Waals surface area contributed by atoms with Crippen LogP contribution in [0.3, 0.4) is 0 Å². The van der Waals surface area contributed by atoms with Crippen molar-refractivity contribution in [3.8, 4) is 0 Å². The Hall–Kier alpha value is -3.00. The molecule has 0 fully saturated rings. The number of allylic oxidation sites excluding steroid dienone is 4. The van der Waals surface area contributed by atoms with Gasteiger partial charge >= 0.3 is 0 Å². The molecule has 0 radical (unpaired) electrons. The predicted octanol–water partition coefficient (Wildman–Crippen LogP) is 8.90. The summed E-state index contributed by atoms with van der Waals surface area (Å²) < 4.78 is 0. The van der Waals surface area contributed by atoms with Crippen molar-refractivity contribution in [1.82, 2.24) is 0 Å². The predicted molar refractivity (Wildman–Crippen MR) is 143 cm³/mol. The van der Waals surface area contributed by atoms with Gasteiger partial charge in [-0.15, -0.1) is 0 Å². The Kier molecular flexibility index (Phi) is 4.50. The van der Waals surface area contributed by atoms with Gasteiger partial charge in [0.2, 0.25) is 0 Å². The highest BCUT2D eigenvalue weighted by molar-refractivity contribution is 7.99. The van der Waals surface area contributed by atoms with Crippen molar-refractivity contribution in [3.63, 3.8) is 0 Å². The van der Waals surface area contributed by atoms with Crippen molar-refractivity contribution in [1.29, 1.82) is 0 Å². The van der Waals surface area contributed by atoms with Gasteiger partial charge < -0.3 is 0 Å². The zero-order valence-corrected chi connectivity index (χ0v) is 20.4. The lowest BCUT2D eigenvalue weighted by molar-refractivity contribution is 0.539. The van der Waals surface area contributed by atoms with Crippen LogP contribution in [-0.2, 0) is 5.41 Å². The highest BCUT2D eigenvalue weighted by Crippen LogP contribution is 2.65. The molecule has 1 spiro atoms. The molecule has 7 rings (SSSR count). The third-order valence-corrected chi connectivity index (χ3v) is 9.15. The summed E-state index contributed by atoms with van der Waals surface area (Å²) in [5.41, 5.74) is 9.46. The van der Waals surface area contributed by atoms with Crippen LogP contribution >= 0.6 is 23.4 Å². The van der Waals surface area contributed by atoms with Crippen LogP contribution in [0.1, 0.15) is 40.7 Å². The van der Waals surface area contributed by atoms with Gasteiger partial charge in [0, 0.05) is 20.7 Å². The molecule has 164 valence electrons. The molecule has 0 aromatic heterocycles. The van der Waals surface area contributed by atoms with E-state index >= 15 is 0 Å². The van der Waals surface area contributed by atoms with Crippen molar-refractivity contribution >= 4 is 28.9 Å². The monoisotopic (exact) mass is 474 g/mol. The summed E-state index contributed by atoms with van der Waals surface area (Å²) in [6.45, 7) is 2.35. The van der Waals surface area contributed by atoms with E-state index < -0.39 is 0 Å². The number of halogens is 1. The Balaban J connectivity index is 1.64. The maximum absolute atomic E-state index is 6.32. The van der Waals surface area contributed by atoms with Gasteiger partial charge in [0.15, 0.2) is 0 Å². The summed E-state index contributed by atoms with van der Waals surface area (Å²) in [4.78, 5) is 2.70. The molecule has 1 heterocycles. The van der Waals surface area contributed by atoms with E-state index in [9.17, 15) is 0 Å². The van der Waals surface area contributed by atoms with Gasteiger partial charge in [-0.25, -0.2) is 0 Å². The lowest BCUT2D eigenvalue weighted by Crippen LogP contribution is -2.37. The van der Waals surface area contributed by atoms with Crippen LogP contribution < -0.4 is 0 Å². The van der Waals surface area contributed by atoms with Gasteiger partial charge in [-0.1, -0.05) is 115 Å². The number of benzene rings is 4. The Morgan fingerprint density at radius 2 is 1.29 bits per heavy atom. The topological polar surface area (TPSA) is 0 Å². The lowest BCUT2D eigenvalue weighted by atomic mass is 9.60. The summed E-state index contributed by atoms with van der Waals surface area (Å²) in [6.07, 6.45) is 4.77. The van der Waals surface area contributed by atoms with Gasteiger partial charge in [0.05, 0.1) is 5.41 Å². The van der Waals surface area contributed by atoms with E-state index in [0.29, 0.717) is 5.92 Å². The Morgan fingerprint density at radius 3 is 1.97 bits per heavy atom. The Bertz CT molecular complexity index is 1460. The van der Waals surface area contributed by atoms with Crippen LogP contribution in [0.5, 0.6) is 0 Å². The quantitative estimate of drug-likeness (QED) is 0.265. The molecule has 0 saturated heterocycles. The first-order chi connectivity index (χ1) is 16.7. The number of hydrogen-bond acceptors (Lipinski definition) is 1. The van der Waals surface area contributed by atoms with Crippen molar-refractivity contribution in [2.45, 2.75) is 28.0 Å². The van der Waals surface area contributed by atoms with E-state index in [1.165, 1.54) is 48.8 Å². The molecule has 2 heteroatoms. The van der Waals surface area contributed by atoms with Crippen LogP contribution in [-0.4, -0.2) is 0 Å². The number of hydrogen-bond donors (Lipinski definition) is 0. The lowest BCUT2D eigenvalue weighted by Gasteiger charge is -2.45. The highest BCUT2D eigenvalue weighted by atomic mass is 35.5. The van der Waals surface area contributed by atoms with Gasteiger partial charge in [0.25, 0.3) is 0 Å². The SMILES string of the molecule is CC1C=CC2=C(C1c1ccc(Cl)cc1)C1(c3ccccc3Sc3ccccc31)c1ccccc12. The van der Waals surface area contributed by atoms with E-state index in [-0.39, 0.29) is 11.3 Å². The van der Waals surface area contributed by atoms with Crippen LogP contribution in [0.4, 0.5) is 0 Å². The van der Waals surface area contributed by atoms with Crippen molar-refractivity contribution in [2.24, 2.45) is 5.92 Å². The molecular formula is C32H23ClS. The molecule has 2 aliphatic carbocycles. The number of rotatable bonds is 1. The maximum atomic E-state index is 6.32. The van der Waals surface area contributed by atoms with Crippen molar-refractivity contribution in [2.75, 3.05) is 0 Å². The first-order valence-corrected chi connectivity index (χ1v) is 13.0. The minimum Gasteiger partial charge on any atom is -0.0894 e. The molecule has 34 heavy (non-hydrogen) atoms. The summed E-state index contributed by atoms with van der Waals surface area (Å²) in [7, 11) is 0. The Morgan fingerprint density at radius 1 is 0.706 bits per heavy atom. The second kappa shape index (κ2) is 7.50. The average Bonchev–Trinajstić information content (AvgIpc) is 3.16. The smallest absolute Gasteiger partial charge is 0.0704 e. The Labute approximate surface area is 210 Å². The van der Waals surface area contributed by atoms with Crippen molar-refractivity contribution in [3.05, 3.63) is 148 Å². The summed E-state index contributed by atoms with van der Waals surface area (Å²) in [6, 6.07) is 35.6. The highest BCUT2D eigenvalue weighted by Gasteiger charge is 2.54. The van der Waals surface area contributed by atoms with E-state index in [1.54, 1.807) is 0 Å². The average molecular weight is 475 g/mol. The first kappa shape index (κ1) is 20.4. The fraction of sp³-hybridized carbons (Fsp3) is 0.125. The molecule has 0 nitrogen and oxygen atoms in total. The van der Waals surface area contributed by atoms with Crippen molar-refractivity contribution < 1.29 is 0 Å². The maximum Gasteiger partial charge on any atom is 0.0704 e. The minimum absolute atomic E-state index is 0.258.